The molecule has 1 aromatic carbocycles. The second-order valence-electron chi connectivity index (χ2n) is 10.1. The molecule has 2 amide bonds. The summed E-state index contributed by atoms with van der Waals surface area (Å²) in [5.74, 6) is 0.776. The number of carbonyl (C=O) groups excluding carboxylic acids is 2. The van der Waals surface area contributed by atoms with Gasteiger partial charge in [-0.3, -0.25) is 9.59 Å². The van der Waals surface area contributed by atoms with E-state index in [0.717, 1.165) is 43.5 Å². The largest absolute Gasteiger partial charge is 0.484 e. The Bertz CT molecular complexity index is 772. The fourth-order valence-corrected chi connectivity index (χ4v) is 5.01. The third-order valence-corrected chi connectivity index (χ3v) is 6.02. The van der Waals surface area contributed by atoms with E-state index in [1.54, 1.807) is 0 Å². The van der Waals surface area contributed by atoms with Gasteiger partial charge in [0.25, 0.3) is 5.91 Å². The minimum atomic E-state index is -0.0130. The summed E-state index contributed by atoms with van der Waals surface area (Å²) in [5.41, 5.74) is 1.87. The Kier molecular flexibility index (Phi) is 6.75. The number of piperidine rings is 1. The van der Waals surface area contributed by atoms with Gasteiger partial charge in [0.1, 0.15) is 5.75 Å². The van der Waals surface area contributed by atoms with Gasteiger partial charge in [-0.2, -0.15) is 0 Å². The van der Waals surface area contributed by atoms with Crippen molar-refractivity contribution >= 4 is 17.5 Å². The Labute approximate surface area is 180 Å². The lowest BCUT2D eigenvalue weighted by Gasteiger charge is -2.49. The molecule has 0 aromatic heterocycles. The van der Waals surface area contributed by atoms with E-state index in [9.17, 15) is 9.59 Å². The molecule has 0 radical (unpaired) electrons. The van der Waals surface area contributed by atoms with Gasteiger partial charge in [0.05, 0.1) is 0 Å². The number of unbranched alkanes of at least 4 members (excludes halogenated alkanes) is 1. The van der Waals surface area contributed by atoms with Crippen LogP contribution in [0, 0.1) is 0 Å². The third kappa shape index (κ3) is 5.75. The second kappa shape index (κ2) is 8.96. The zero-order chi connectivity index (χ0) is 21.9. The number of anilines is 1. The number of amides is 2. The first-order chi connectivity index (χ1) is 14.1. The van der Waals surface area contributed by atoms with Crippen LogP contribution < -0.4 is 15.4 Å². The highest BCUT2D eigenvalue weighted by Gasteiger charge is 2.41. The molecule has 166 valence electrons. The number of nitrogens with zero attached hydrogens (tertiary/aromatic N) is 1. The molecule has 0 unspecified atom stereocenters. The Morgan fingerprint density at radius 3 is 2.53 bits per heavy atom. The first kappa shape index (κ1) is 22.6. The van der Waals surface area contributed by atoms with Crippen LogP contribution in [0.25, 0.3) is 0 Å². The molecular formula is C24H37N3O3. The van der Waals surface area contributed by atoms with Crippen LogP contribution in [-0.4, -0.2) is 47.0 Å². The minimum absolute atomic E-state index is 0.0130. The Balaban J connectivity index is 1.68. The van der Waals surface area contributed by atoms with E-state index < -0.39 is 0 Å². The molecule has 0 bridgehead atoms. The summed E-state index contributed by atoms with van der Waals surface area (Å²) in [7, 11) is 0. The first-order valence-corrected chi connectivity index (χ1v) is 11.2. The average Bonchev–Trinajstić information content (AvgIpc) is 2.64. The monoisotopic (exact) mass is 415 g/mol. The molecule has 2 N–H and O–H groups in total. The molecule has 2 aliphatic rings. The molecule has 0 atom stereocenters. The van der Waals surface area contributed by atoms with Crippen LogP contribution in [-0.2, 0) is 16.0 Å². The van der Waals surface area contributed by atoms with Crippen molar-refractivity contribution in [1.82, 2.24) is 10.2 Å². The van der Waals surface area contributed by atoms with Crippen LogP contribution in [0.3, 0.4) is 0 Å². The number of rotatable bonds is 7. The third-order valence-electron chi connectivity index (χ3n) is 6.02. The maximum absolute atomic E-state index is 13.2. The van der Waals surface area contributed by atoms with Gasteiger partial charge in [-0.1, -0.05) is 13.3 Å². The second-order valence-corrected chi connectivity index (χ2v) is 10.1. The molecule has 1 aromatic rings. The molecule has 6 nitrogen and oxygen atoms in total. The Morgan fingerprint density at radius 1 is 1.17 bits per heavy atom. The summed E-state index contributed by atoms with van der Waals surface area (Å²) in [6, 6.07) is 5.83. The molecule has 30 heavy (non-hydrogen) atoms. The number of nitrogens with one attached hydrogen (secondary N) is 2. The predicted molar refractivity (Wildman–Crippen MR) is 120 cm³/mol. The first-order valence-electron chi connectivity index (χ1n) is 11.2. The maximum Gasteiger partial charge on any atom is 0.260 e. The van der Waals surface area contributed by atoms with E-state index in [1.165, 1.54) is 0 Å². The molecule has 2 heterocycles. The Hall–Kier alpha value is -2.08. The Morgan fingerprint density at radius 2 is 1.87 bits per heavy atom. The number of hydrogen-bond acceptors (Lipinski definition) is 4. The van der Waals surface area contributed by atoms with Crippen molar-refractivity contribution < 1.29 is 14.3 Å². The van der Waals surface area contributed by atoms with Crippen LogP contribution in [0.15, 0.2) is 18.2 Å². The summed E-state index contributed by atoms with van der Waals surface area (Å²) in [5, 5.41) is 6.58. The highest BCUT2D eigenvalue weighted by atomic mass is 16.5. The zero-order valence-electron chi connectivity index (χ0n) is 19.1. The SMILES string of the molecule is CCCCN(C(=O)COc1ccc2c(c1)CCC(=O)N2)C1CC(C)(C)NC(C)(C)C1. The quantitative estimate of drug-likeness (QED) is 0.709. The molecule has 3 rings (SSSR count). The number of hydrogen-bond donors (Lipinski definition) is 2. The highest BCUT2D eigenvalue weighted by Crippen LogP contribution is 2.32. The van der Waals surface area contributed by atoms with Gasteiger partial charge in [0.15, 0.2) is 6.61 Å². The van der Waals surface area contributed by atoms with E-state index >= 15 is 0 Å². The van der Waals surface area contributed by atoms with Crippen LogP contribution in [0.1, 0.15) is 72.3 Å². The molecule has 0 saturated carbocycles. The fraction of sp³-hybridized carbons (Fsp3) is 0.667. The van der Waals surface area contributed by atoms with Gasteiger partial charge < -0.3 is 20.3 Å². The van der Waals surface area contributed by atoms with Gasteiger partial charge in [0.2, 0.25) is 5.91 Å². The molecule has 2 aliphatic heterocycles. The maximum atomic E-state index is 13.2. The average molecular weight is 416 g/mol. The van der Waals surface area contributed by atoms with E-state index in [0.29, 0.717) is 18.6 Å². The molecule has 0 aliphatic carbocycles. The van der Waals surface area contributed by atoms with Crippen molar-refractivity contribution in [1.29, 1.82) is 0 Å². The van der Waals surface area contributed by atoms with Crippen molar-refractivity contribution in [3.8, 4) is 5.75 Å². The summed E-state index contributed by atoms with van der Waals surface area (Å²) in [6.45, 7) is 11.8. The number of aryl methyl sites for hydroxylation is 1. The highest BCUT2D eigenvalue weighted by molar-refractivity contribution is 5.94. The lowest BCUT2D eigenvalue weighted by Crippen LogP contribution is -2.63. The molecule has 0 spiro atoms. The summed E-state index contributed by atoms with van der Waals surface area (Å²) < 4.78 is 5.90. The van der Waals surface area contributed by atoms with Gasteiger partial charge >= 0.3 is 0 Å². The van der Waals surface area contributed by atoms with E-state index in [-0.39, 0.29) is 35.5 Å². The van der Waals surface area contributed by atoms with Gasteiger partial charge in [-0.05, 0) is 77.1 Å². The normalized spacial score (nSPS) is 20.2. The van der Waals surface area contributed by atoms with Gasteiger partial charge in [-0.25, -0.2) is 0 Å². The van der Waals surface area contributed by atoms with Crippen molar-refractivity contribution in [3.05, 3.63) is 23.8 Å². The smallest absolute Gasteiger partial charge is 0.260 e. The van der Waals surface area contributed by atoms with E-state index in [4.69, 9.17) is 4.74 Å². The topological polar surface area (TPSA) is 70.7 Å². The predicted octanol–water partition coefficient (Wildman–Crippen LogP) is 3.89. The molecule has 1 fully saturated rings. The van der Waals surface area contributed by atoms with Crippen LogP contribution in [0.5, 0.6) is 5.75 Å². The number of benzene rings is 1. The number of carbonyl (C=O) groups is 2. The van der Waals surface area contributed by atoms with Gasteiger partial charge in [0, 0.05) is 35.8 Å². The number of fused-ring (bicyclic) bond motifs is 1. The van der Waals surface area contributed by atoms with Crippen molar-refractivity contribution in [3.63, 3.8) is 0 Å². The van der Waals surface area contributed by atoms with Crippen molar-refractivity contribution in [2.45, 2.75) is 90.3 Å². The standard InChI is InChI=1S/C24H37N3O3/c1-6-7-12-27(18-14-23(2,3)26-24(4,5)15-18)22(29)16-30-19-9-10-20-17(13-19)8-11-21(28)25-20/h9-10,13,18,26H,6-8,11-12,14-16H2,1-5H3,(H,25,28). The van der Waals surface area contributed by atoms with E-state index in [1.807, 2.05) is 23.1 Å². The number of ether oxygens (including phenoxy) is 1. The van der Waals surface area contributed by atoms with Gasteiger partial charge in [-0.15, -0.1) is 0 Å². The molecule has 6 heteroatoms. The summed E-state index contributed by atoms with van der Waals surface area (Å²) in [4.78, 5) is 26.8. The zero-order valence-corrected chi connectivity index (χ0v) is 19.1. The fourth-order valence-electron chi connectivity index (χ4n) is 5.01. The summed E-state index contributed by atoms with van der Waals surface area (Å²) in [6.07, 6.45) is 5.11. The molecular weight excluding hydrogens is 378 g/mol. The van der Waals surface area contributed by atoms with Crippen LogP contribution in [0.4, 0.5) is 5.69 Å². The molecule has 1 saturated heterocycles. The van der Waals surface area contributed by atoms with Crippen LogP contribution >= 0.6 is 0 Å². The van der Waals surface area contributed by atoms with Crippen molar-refractivity contribution in [2.75, 3.05) is 18.5 Å². The minimum Gasteiger partial charge on any atom is -0.484 e. The van der Waals surface area contributed by atoms with Crippen molar-refractivity contribution in [2.24, 2.45) is 0 Å². The summed E-state index contributed by atoms with van der Waals surface area (Å²) >= 11 is 0. The lowest BCUT2D eigenvalue weighted by molar-refractivity contribution is -0.137. The lowest BCUT2D eigenvalue weighted by atomic mass is 9.79. The van der Waals surface area contributed by atoms with Crippen LogP contribution in [0.2, 0.25) is 0 Å². The van der Waals surface area contributed by atoms with E-state index in [2.05, 4.69) is 45.3 Å².